The van der Waals surface area contributed by atoms with Crippen molar-refractivity contribution in [2.75, 3.05) is 6.61 Å². The van der Waals surface area contributed by atoms with E-state index in [1.54, 1.807) is 0 Å². The van der Waals surface area contributed by atoms with E-state index in [0.29, 0.717) is 17.2 Å². The first-order chi connectivity index (χ1) is 12.4. The van der Waals surface area contributed by atoms with E-state index in [1.165, 1.54) is 30.4 Å². The molecular weight excluding hydrogens is 357 g/mol. The minimum Gasteiger partial charge on any atom is -0.454 e. The summed E-state index contributed by atoms with van der Waals surface area (Å²) < 4.78 is 20.3. The standard InChI is InChI=1S/C20H19ClFNO3/c1-12-9-16(13(2)23(12)15-5-6-15)19(24)11-26-20(25)8-4-14-3-7-18(22)17(21)10-14/h3-4,7-10,15H,5-6,11H2,1-2H3/b8-4+. The van der Waals surface area contributed by atoms with Crippen LogP contribution in [-0.4, -0.2) is 22.9 Å². The lowest BCUT2D eigenvalue weighted by Crippen LogP contribution is -2.13. The molecule has 0 atom stereocenters. The molecule has 1 aromatic carbocycles. The van der Waals surface area contributed by atoms with Gasteiger partial charge in [0.05, 0.1) is 5.02 Å². The van der Waals surface area contributed by atoms with Crippen molar-refractivity contribution in [1.82, 2.24) is 4.57 Å². The van der Waals surface area contributed by atoms with Gasteiger partial charge in [0.1, 0.15) is 5.82 Å². The minimum absolute atomic E-state index is 0.0262. The molecule has 0 N–H and O–H groups in total. The Morgan fingerprint density at radius 2 is 2.04 bits per heavy atom. The highest BCUT2D eigenvalue weighted by Gasteiger charge is 2.28. The molecule has 1 heterocycles. The third-order valence-corrected chi connectivity index (χ3v) is 4.69. The number of benzene rings is 1. The van der Waals surface area contributed by atoms with E-state index in [1.807, 2.05) is 19.9 Å². The van der Waals surface area contributed by atoms with Gasteiger partial charge in [-0.2, -0.15) is 0 Å². The van der Waals surface area contributed by atoms with Crippen LogP contribution >= 0.6 is 11.6 Å². The Balaban J connectivity index is 1.59. The molecule has 0 unspecified atom stereocenters. The van der Waals surface area contributed by atoms with Gasteiger partial charge in [-0.05, 0) is 56.5 Å². The van der Waals surface area contributed by atoms with E-state index < -0.39 is 11.8 Å². The van der Waals surface area contributed by atoms with E-state index in [4.69, 9.17) is 16.3 Å². The van der Waals surface area contributed by atoms with Crippen LogP contribution in [0.1, 0.15) is 46.2 Å². The van der Waals surface area contributed by atoms with Gasteiger partial charge in [-0.25, -0.2) is 9.18 Å². The Hall–Kier alpha value is -2.40. The lowest BCUT2D eigenvalue weighted by Gasteiger charge is -2.07. The number of esters is 1. The molecule has 4 nitrogen and oxygen atoms in total. The van der Waals surface area contributed by atoms with Crippen LogP contribution in [0.4, 0.5) is 4.39 Å². The maximum atomic E-state index is 13.1. The molecular formula is C20H19ClFNO3. The number of ether oxygens (including phenoxy) is 1. The average Bonchev–Trinajstić information content (AvgIpc) is 3.39. The molecule has 1 fully saturated rings. The summed E-state index contributed by atoms with van der Waals surface area (Å²) in [6, 6.07) is 6.44. The van der Waals surface area contributed by atoms with Crippen LogP contribution in [0.25, 0.3) is 6.08 Å². The second kappa shape index (κ2) is 7.46. The monoisotopic (exact) mass is 375 g/mol. The molecule has 3 rings (SSSR count). The van der Waals surface area contributed by atoms with Gasteiger partial charge in [0, 0.05) is 29.1 Å². The number of ketones is 1. The largest absolute Gasteiger partial charge is 0.454 e. The molecule has 1 aliphatic rings. The summed E-state index contributed by atoms with van der Waals surface area (Å²) in [5.74, 6) is -1.40. The van der Waals surface area contributed by atoms with Crippen molar-refractivity contribution in [2.24, 2.45) is 0 Å². The number of rotatable bonds is 6. The Morgan fingerprint density at radius 1 is 1.31 bits per heavy atom. The van der Waals surface area contributed by atoms with Gasteiger partial charge >= 0.3 is 5.97 Å². The van der Waals surface area contributed by atoms with Gasteiger partial charge in [0.15, 0.2) is 6.61 Å². The first-order valence-corrected chi connectivity index (χ1v) is 8.76. The van der Waals surface area contributed by atoms with Crippen LogP contribution in [0, 0.1) is 19.7 Å². The maximum Gasteiger partial charge on any atom is 0.331 e. The van der Waals surface area contributed by atoms with E-state index in [2.05, 4.69) is 4.57 Å². The summed E-state index contributed by atoms with van der Waals surface area (Å²) in [6.07, 6.45) is 4.91. The van der Waals surface area contributed by atoms with E-state index in [0.717, 1.165) is 24.2 Å². The molecule has 1 aromatic heterocycles. The molecule has 0 bridgehead atoms. The van der Waals surface area contributed by atoms with E-state index in [9.17, 15) is 14.0 Å². The summed E-state index contributed by atoms with van der Waals surface area (Å²) in [5.41, 5.74) is 3.12. The van der Waals surface area contributed by atoms with Crippen molar-refractivity contribution >= 4 is 29.4 Å². The van der Waals surface area contributed by atoms with Crippen LogP contribution in [-0.2, 0) is 9.53 Å². The lowest BCUT2D eigenvalue weighted by atomic mass is 10.1. The number of hydrogen-bond donors (Lipinski definition) is 0. The van der Waals surface area contributed by atoms with Crippen LogP contribution in [0.2, 0.25) is 5.02 Å². The predicted molar refractivity (Wildman–Crippen MR) is 97.9 cm³/mol. The number of halogens is 2. The quantitative estimate of drug-likeness (QED) is 0.418. The van der Waals surface area contributed by atoms with Crippen molar-refractivity contribution in [1.29, 1.82) is 0 Å². The van der Waals surface area contributed by atoms with Crippen LogP contribution in [0.15, 0.2) is 30.3 Å². The summed E-state index contributed by atoms with van der Waals surface area (Å²) in [5, 5.41) is -0.0262. The summed E-state index contributed by atoms with van der Waals surface area (Å²) >= 11 is 5.68. The minimum atomic E-state index is -0.644. The molecule has 26 heavy (non-hydrogen) atoms. The highest BCUT2D eigenvalue weighted by Crippen LogP contribution is 2.38. The first kappa shape index (κ1) is 18.4. The molecule has 0 radical (unpaired) electrons. The number of nitrogens with zero attached hydrogens (tertiary/aromatic N) is 1. The fraction of sp³-hybridized carbons (Fsp3) is 0.300. The predicted octanol–water partition coefficient (Wildman–Crippen LogP) is 4.67. The van der Waals surface area contributed by atoms with E-state index >= 15 is 0 Å². The number of aryl methyl sites for hydroxylation is 1. The fourth-order valence-corrected chi connectivity index (χ4v) is 3.19. The number of Topliss-reactive ketones (excluding diaryl/α,β-unsaturated/α-hetero) is 1. The zero-order valence-corrected chi connectivity index (χ0v) is 15.3. The highest BCUT2D eigenvalue weighted by molar-refractivity contribution is 6.30. The third-order valence-electron chi connectivity index (χ3n) is 4.40. The molecule has 0 amide bonds. The molecule has 1 aliphatic carbocycles. The Kier molecular flexibility index (Phi) is 5.28. The van der Waals surface area contributed by atoms with Crippen molar-refractivity contribution in [3.8, 4) is 0 Å². The Morgan fingerprint density at radius 3 is 2.69 bits per heavy atom. The van der Waals surface area contributed by atoms with Crippen LogP contribution in [0.5, 0.6) is 0 Å². The summed E-state index contributed by atoms with van der Waals surface area (Å²) in [4.78, 5) is 24.2. The van der Waals surface area contributed by atoms with Gasteiger partial charge in [0.25, 0.3) is 0 Å². The van der Waals surface area contributed by atoms with Crippen LogP contribution in [0.3, 0.4) is 0 Å². The molecule has 0 saturated heterocycles. The maximum absolute atomic E-state index is 13.1. The number of carbonyl (C=O) groups is 2. The Bertz CT molecular complexity index is 897. The van der Waals surface area contributed by atoms with Gasteiger partial charge < -0.3 is 9.30 Å². The van der Waals surface area contributed by atoms with Crippen molar-refractivity contribution in [3.05, 3.63) is 63.7 Å². The summed E-state index contributed by atoms with van der Waals surface area (Å²) in [7, 11) is 0. The SMILES string of the molecule is Cc1cc(C(=O)COC(=O)/C=C/c2ccc(F)c(Cl)c2)c(C)n1C1CC1. The second-order valence-corrected chi connectivity index (χ2v) is 6.83. The molecule has 1 saturated carbocycles. The summed E-state index contributed by atoms with van der Waals surface area (Å²) in [6.45, 7) is 3.57. The normalized spacial score (nSPS) is 14.0. The molecule has 0 aliphatic heterocycles. The van der Waals surface area contributed by atoms with Gasteiger partial charge in [-0.15, -0.1) is 0 Å². The third kappa shape index (κ3) is 4.05. The molecule has 6 heteroatoms. The highest BCUT2D eigenvalue weighted by atomic mass is 35.5. The van der Waals surface area contributed by atoms with E-state index in [-0.39, 0.29) is 17.4 Å². The van der Waals surface area contributed by atoms with Crippen molar-refractivity contribution in [2.45, 2.75) is 32.7 Å². The zero-order valence-electron chi connectivity index (χ0n) is 14.6. The number of carbonyl (C=O) groups excluding carboxylic acids is 2. The average molecular weight is 376 g/mol. The Labute approximate surface area is 156 Å². The van der Waals surface area contributed by atoms with Gasteiger partial charge in [-0.1, -0.05) is 17.7 Å². The first-order valence-electron chi connectivity index (χ1n) is 8.38. The van der Waals surface area contributed by atoms with Crippen LogP contribution < -0.4 is 0 Å². The van der Waals surface area contributed by atoms with Crippen molar-refractivity contribution < 1.29 is 18.7 Å². The number of hydrogen-bond acceptors (Lipinski definition) is 3. The molecule has 0 spiro atoms. The molecule has 136 valence electrons. The van der Waals surface area contributed by atoms with Gasteiger partial charge in [-0.3, -0.25) is 4.79 Å². The fourth-order valence-electron chi connectivity index (χ4n) is 3.00. The lowest BCUT2D eigenvalue weighted by molar-refractivity contribution is -0.136. The van der Waals surface area contributed by atoms with Crippen molar-refractivity contribution in [3.63, 3.8) is 0 Å². The smallest absolute Gasteiger partial charge is 0.331 e. The second-order valence-electron chi connectivity index (χ2n) is 6.42. The van der Waals surface area contributed by atoms with Gasteiger partial charge in [0.2, 0.25) is 5.78 Å². The topological polar surface area (TPSA) is 48.3 Å². The zero-order chi connectivity index (χ0) is 18.8. The molecule has 2 aromatic rings. The number of aromatic nitrogens is 1.